The van der Waals surface area contributed by atoms with E-state index in [1.54, 1.807) is 11.3 Å². The zero-order chi connectivity index (χ0) is 13.0. The van der Waals surface area contributed by atoms with E-state index in [0.717, 1.165) is 13.1 Å². The Kier molecular flexibility index (Phi) is 4.78. The summed E-state index contributed by atoms with van der Waals surface area (Å²) in [5.41, 5.74) is 0. The molecule has 100 valence electrons. The summed E-state index contributed by atoms with van der Waals surface area (Å²) in [4.78, 5) is 15.4. The Morgan fingerprint density at radius 3 is 2.78 bits per heavy atom. The highest BCUT2D eigenvalue weighted by molar-refractivity contribution is 7.09. The van der Waals surface area contributed by atoms with Crippen molar-refractivity contribution in [3.8, 4) is 0 Å². The van der Waals surface area contributed by atoms with Gasteiger partial charge in [0, 0.05) is 18.0 Å². The van der Waals surface area contributed by atoms with E-state index >= 15 is 0 Å². The molecule has 1 N–H and O–H groups in total. The SMILES string of the molecule is C[C@@H]1C[C@H](C)CN(CC(=O)NCc2cccs2)C1. The summed E-state index contributed by atoms with van der Waals surface area (Å²) in [6.07, 6.45) is 1.29. The smallest absolute Gasteiger partial charge is 0.234 e. The maximum absolute atomic E-state index is 11.9. The first-order chi connectivity index (χ1) is 8.63. The van der Waals surface area contributed by atoms with Crippen LogP contribution in [0.4, 0.5) is 0 Å². The second kappa shape index (κ2) is 6.34. The number of carbonyl (C=O) groups is 1. The van der Waals surface area contributed by atoms with Crippen LogP contribution in [0.3, 0.4) is 0 Å². The van der Waals surface area contributed by atoms with Crippen LogP contribution in [0.1, 0.15) is 25.1 Å². The molecule has 0 bridgehead atoms. The lowest BCUT2D eigenvalue weighted by atomic mass is 9.92. The van der Waals surface area contributed by atoms with Crippen LogP contribution in [0.15, 0.2) is 17.5 Å². The zero-order valence-electron chi connectivity index (χ0n) is 11.2. The molecule has 0 saturated carbocycles. The van der Waals surface area contributed by atoms with Gasteiger partial charge < -0.3 is 5.32 Å². The molecule has 1 saturated heterocycles. The van der Waals surface area contributed by atoms with E-state index in [1.807, 2.05) is 11.4 Å². The van der Waals surface area contributed by atoms with Crippen molar-refractivity contribution >= 4 is 17.2 Å². The van der Waals surface area contributed by atoms with Gasteiger partial charge in [0.1, 0.15) is 0 Å². The lowest BCUT2D eigenvalue weighted by molar-refractivity contribution is -0.123. The fourth-order valence-electron chi connectivity index (χ4n) is 2.78. The maximum Gasteiger partial charge on any atom is 0.234 e. The highest BCUT2D eigenvalue weighted by Gasteiger charge is 2.22. The molecule has 1 aliphatic rings. The van der Waals surface area contributed by atoms with Crippen molar-refractivity contribution in [3.05, 3.63) is 22.4 Å². The van der Waals surface area contributed by atoms with E-state index < -0.39 is 0 Å². The van der Waals surface area contributed by atoms with Crippen molar-refractivity contribution in [1.82, 2.24) is 10.2 Å². The monoisotopic (exact) mass is 266 g/mol. The Morgan fingerprint density at radius 2 is 2.17 bits per heavy atom. The first kappa shape index (κ1) is 13.6. The van der Waals surface area contributed by atoms with Gasteiger partial charge in [0.15, 0.2) is 0 Å². The van der Waals surface area contributed by atoms with E-state index in [9.17, 15) is 4.79 Å². The van der Waals surface area contributed by atoms with E-state index in [2.05, 4.69) is 30.1 Å². The molecule has 1 aliphatic heterocycles. The number of amides is 1. The third kappa shape index (κ3) is 4.10. The van der Waals surface area contributed by atoms with Crippen molar-refractivity contribution in [2.45, 2.75) is 26.8 Å². The second-order valence-corrected chi connectivity index (χ2v) is 6.53. The van der Waals surface area contributed by atoms with E-state index in [4.69, 9.17) is 0 Å². The number of carbonyl (C=O) groups excluding carboxylic acids is 1. The summed E-state index contributed by atoms with van der Waals surface area (Å²) in [5.74, 6) is 1.56. The Hall–Kier alpha value is -0.870. The molecule has 1 aromatic heterocycles. The van der Waals surface area contributed by atoms with Crippen LogP contribution in [0, 0.1) is 11.8 Å². The van der Waals surface area contributed by atoms with Crippen LogP contribution >= 0.6 is 11.3 Å². The Balaban J connectivity index is 1.73. The average molecular weight is 266 g/mol. The van der Waals surface area contributed by atoms with Gasteiger partial charge in [-0.1, -0.05) is 19.9 Å². The van der Waals surface area contributed by atoms with Gasteiger partial charge in [0.05, 0.1) is 13.1 Å². The number of hydrogen-bond acceptors (Lipinski definition) is 3. The van der Waals surface area contributed by atoms with Gasteiger partial charge in [-0.25, -0.2) is 0 Å². The first-order valence-corrected chi connectivity index (χ1v) is 7.53. The van der Waals surface area contributed by atoms with Crippen LogP contribution in [-0.4, -0.2) is 30.4 Å². The van der Waals surface area contributed by atoms with Gasteiger partial charge in [0.2, 0.25) is 5.91 Å². The Morgan fingerprint density at radius 1 is 1.44 bits per heavy atom. The van der Waals surface area contributed by atoms with E-state index in [0.29, 0.717) is 24.9 Å². The molecule has 0 unspecified atom stereocenters. The summed E-state index contributed by atoms with van der Waals surface area (Å²) in [7, 11) is 0. The number of rotatable bonds is 4. The van der Waals surface area contributed by atoms with Crippen LogP contribution in [0.5, 0.6) is 0 Å². The summed E-state index contributed by atoms with van der Waals surface area (Å²) in [6.45, 7) is 7.85. The van der Waals surface area contributed by atoms with E-state index in [-0.39, 0.29) is 5.91 Å². The average Bonchev–Trinajstić information content (AvgIpc) is 2.77. The van der Waals surface area contributed by atoms with E-state index in [1.165, 1.54) is 11.3 Å². The van der Waals surface area contributed by atoms with Gasteiger partial charge in [-0.2, -0.15) is 0 Å². The summed E-state index contributed by atoms with van der Waals surface area (Å²) in [5, 5.41) is 5.03. The summed E-state index contributed by atoms with van der Waals surface area (Å²) < 4.78 is 0. The number of likely N-dealkylation sites (tertiary alicyclic amines) is 1. The molecule has 1 fully saturated rings. The minimum Gasteiger partial charge on any atom is -0.350 e. The second-order valence-electron chi connectivity index (χ2n) is 5.50. The van der Waals surface area contributed by atoms with Crippen LogP contribution < -0.4 is 5.32 Å². The molecule has 0 aromatic carbocycles. The molecule has 4 heteroatoms. The third-order valence-electron chi connectivity index (χ3n) is 3.35. The van der Waals surface area contributed by atoms with Crippen LogP contribution in [-0.2, 0) is 11.3 Å². The normalized spacial score (nSPS) is 25.0. The molecule has 1 amide bonds. The van der Waals surface area contributed by atoms with Crippen molar-refractivity contribution in [2.75, 3.05) is 19.6 Å². The van der Waals surface area contributed by atoms with Gasteiger partial charge in [-0.3, -0.25) is 9.69 Å². The Bertz CT molecular complexity index is 367. The molecule has 0 aliphatic carbocycles. The molecule has 2 heterocycles. The molecule has 2 atom stereocenters. The minimum atomic E-state index is 0.143. The molecule has 3 nitrogen and oxygen atoms in total. The van der Waals surface area contributed by atoms with Crippen LogP contribution in [0.25, 0.3) is 0 Å². The van der Waals surface area contributed by atoms with Gasteiger partial charge >= 0.3 is 0 Å². The standard InChI is InChI=1S/C14H22N2OS/c1-11-6-12(2)9-16(8-11)10-14(17)15-7-13-4-3-5-18-13/h3-5,11-12H,6-10H2,1-2H3,(H,15,17)/t11-,12+. The predicted octanol–water partition coefficient (Wildman–Crippen LogP) is 2.34. The minimum absolute atomic E-state index is 0.143. The summed E-state index contributed by atoms with van der Waals surface area (Å²) >= 11 is 1.68. The van der Waals surface area contributed by atoms with Gasteiger partial charge in [0.25, 0.3) is 0 Å². The van der Waals surface area contributed by atoms with Crippen LogP contribution in [0.2, 0.25) is 0 Å². The molecular formula is C14H22N2OS. The van der Waals surface area contributed by atoms with Crippen molar-refractivity contribution in [1.29, 1.82) is 0 Å². The summed E-state index contributed by atoms with van der Waals surface area (Å²) in [6, 6.07) is 4.07. The largest absolute Gasteiger partial charge is 0.350 e. The fraction of sp³-hybridized carbons (Fsp3) is 0.643. The zero-order valence-corrected chi connectivity index (χ0v) is 12.0. The lowest BCUT2D eigenvalue weighted by Gasteiger charge is -2.34. The van der Waals surface area contributed by atoms with Crippen molar-refractivity contribution in [3.63, 3.8) is 0 Å². The molecule has 0 spiro atoms. The number of thiophene rings is 1. The Labute approximate surface area is 113 Å². The number of hydrogen-bond donors (Lipinski definition) is 1. The number of nitrogens with one attached hydrogen (secondary N) is 1. The quantitative estimate of drug-likeness (QED) is 0.907. The molecule has 18 heavy (non-hydrogen) atoms. The number of nitrogens with zero attached hydrogens (tertiary/aromatic N) is 1. The lowest BCUT2D eigenvalue weighted by Crippen LogP contribution is -2.44. The fourth-order valence-corrected chi connectivity index (χ4v) is 3.42. The topological polar surface area (TPSA) is 32.3 Å². The first-order valence-electron chi connectivity index (χ1n) is 6.65. The molecule has 0 radical (unpaired) electrons. The molecular weight excluding hydrogens is 244 g/mol. The maximum atomic E-state index is 11.9. The number of piperidine rings is 1. The third-order valence-corrected chi connectivity index (χ3v) is 4.23. The van der Waals surface area contributed by atoms with Gasteiger partial charge in [-0.15, -0.1) is 11.3 Å². The van der Waals surface area contributed by atoms with Crippen molar-refractivity contribution in [2.24, 2.45) is 11.8 Å². The highest BCUT2D eigenvalue weighted by Crippen LogP contribution is 2.20. The van der Waals surface area contributed by atoms with Crippen molar-refractivity contribution < 1.29 is 4.79 Å². The predicted molar refractivity (Wildman–Crippen MR) is 75.6 cm³/mol. The molecule has 1 aromatic rings. The molecule has 2 rings (SSSR count). The highest BCUT2D eigenvalue weighted by atomic mass is 32.1. The van der Waals surface area contributed by atoms with Gasteiger partial charge in [-0.05, 0) is 29.7 Å².